The third-order valence-corrected chi connectivity index (χ3v) is 7.92. The smallest absolute Gasteiger partial charge is 0.0574 e. The van der Waals surface area contributed by atoms with Gasteiger partial charge in [0.1, 0.15) is 0 Å². The molecule has 0 radical (unpaired) electrons. The fraction of sp³-hybridized carbons (Fsp3) is 0.889. The molecule has 0 saturated carbocycles. The summed E-state index contributed by atoms with van der Waals surface area (Å²) in [6.07, 6.45) is 44.2. The molecule has 0 aliphatic rings. The largest absolute Gasteiger partial charge is 0.393 e. The van der Waals surface area contributed by atoms with Crippen LogP contribution in [0.3, 0.4) is 0 Å². The molecule has 2 N–H and O–H groups in total. The predicted octanol–water partition coefficient (Wildman–Crippen LogP) is 11.8. The Morgan fingerprint density at radius 2 is 0.684 bits per heavy atom. The van der Waals surface area contributed by atoms with Gasteiger partial charge < -0.3 is 10.2 Å². The first kappa shape index (κ1) is 37.4. The quantitative estimate of drug-likeness (QED) is 0.0685. The average Bonchev–Trinajstić information content (AvgIpc) is 2.92. The van der Waals surface area contributed by atoms with Crippen LogP contribution in [0.1, 0.15) is 194 Å². The Kier molecular flexibility index (Phi) is 32.1. The summed E-state index contributed by atoms with van der Waals surface area (Å²) >= 11 is 0. The van der Waals surface area contributed by atoms with E-state index in [0.717, 1.165) is 25.7 Å². The number of hydrogen-bond donors (Lipinski definition) is 2. The Labute approximate surface area is 240 Å². The highest BCUT2D eigenvalue weighted by Crippen LogP contribution is 2.15. The topological polar surface area (TPSA) is 40.5 Å². The van der Waals surface area contributed by atoms with Gasteiger partial charge in [0.15, 0.2) is 0 Å². The van der Waals surface area contributed by atoms with Gasteiger partial charge in [0, 0.05) is 0 Å². The van der Waals surface area contributed by atoms with E-state index in [0.29, 0.717) is 0 Å². The van der Waals surface area contributed by atoms with Gasteiger partial charge in [-0.05, 0) is 64.2 Å². The van der Waals surface area contributed by atoms with Crippen molar-refractivity contribution in [3.63, 3.8) is 0 Å². The minimum absolute atomic E-state index is 0.0472. The molecule has 0 spiro atoms. The first-order chi connectivity index (χ1) is 18.7. The zero-order valence-corrected chi connectivity index (χ0v) is 26.2. The highest BCUT2D eigenvalue weighted by molar-refractivity contribution is 4.84. The van der Waals surface area contributed by atoms with Crippen molar-refractivity contribution in [2.45, 2.75) is 206 Å². The molecule has 226 valence electrons. The normalized spacial score (nSPS) is 13.7. The van der Waals surface area contributed by atoms with Crippen LogP contribution in [0.15, 0.2) is 24.3 Å². The van der Waals surface area contributed by atoms with Crippen LogP contribution in [0.2, 0.25) is 0 Å². The Morgan fingerprint density at radius 1 is 0.368 bits per heavy atom. The Hall–Kier alpha value is -0.600. The van der Waals surface area contributed by atoms with Crippen molar-refractivity contribution in [1.82, 2.24) is 0 Å². The number of unbranched alkanes of at least 4 members (excludes halogenated alkanes) is 20. The molecule has 0 aromatic heterocycles. The lowest BCUT2D eigenvalue weighted by molar-refractivity contribution is 0.147. The van der Waals surface area contributed by atoms with E-state index in [4.69, 9.17) is 0 Å². The molecule has 2 heteroatoms. The summed E-state index contributed by atoms with van der Waals surface area (Å²) in [7, 11) is 0. The van der Waals surface area contributed by atoms with Crippen LogP contribution in [-0.4, -0.2) is 22.4 Å². The van der Waals surface area contributed by atoms with Gasteiger partial charge in [-0.3, -0.25) is 0 Å². The molecule has 0 aromatic carbocycles. The van der Waals surface area contributed by atoms with Crippen molar-refractivity contribution >= 4 is 0 Å². The molecule has 0 heterocycles. The Bertz CT molecular complexity index is 484. The van der Waals surface area contributed by atoms with Gasteiger partial charge in [-0.1, -0.05) is 154 Å². The maximum Gasteiger partial charge on any atom is 0.0574 e. The van der Waals surface area contributed by atoms with Crippen LogP contribution in [0.4, 0.5) is 0 Å². The van der Waals surface area contributed by atoms with Crippen molar-refractivity contribution < 1.29 is 10.2 Å². The molecule has 0 aliphatic heterocycles. The fourth-order valence-corrected chi connectivity index (χ4v) is 5.24. The third-order valence-electron chi connectivity index (χ3n) is 7.92. The van der Waals surface area contributed by atoms with Crippen LogP contribution in [0, 0.1) is 0 Å². The van der Waals surface area contributed by atoms with Gasteiger partial charge in [0.25, 0.3) is 0 Å². The molecule has 0 rings (SSSR count). The standard InChI is InChI=1S/C36H70O2/c1-3-5-7-27-31-35(37)33-29-25-23-21-19-17-15-13-11-9-10-12-14-16-18-20-22-24-26-30-34-36(38)32-28-8-6-4-2/h9-10,25,29,35-38H,3-8,11-24,26-28,30-34H2,1-2H3/b10-9+,29-25?/t35-,36?/m1/s1. The van der Waals surface area contributed by atoms with E-state index in [1.165, 1.54) is 154 Å². The van der Waals surface area contributed by atoms with E-state index in [2.05, 4.69) is 38.2 Å². The Morgan fingerprint density at radius 3 is 1.11 bits per heavy atom. The number of rotatable bonds is 31. The zero-order chi connectivity index (χ0) is 27.8. The maximum atomic E-state index is 10.0. The van der Waals surface area contributed by atoms with Gasteiger partial charge in [-0.15, -0.1) is 0 Å². The second-order valence-corrected chi connectivity index (χ2v) is 11.9. The maximum absolute atomic E-state index is 10.0. The lowest BCUT2D eigenvalue weighted by atomic mass is 10.0. The molecule has 2 atom stereocenters. The molecule has 1 unspecified atom stereocenters. The highest BCUT2D eigenvalue weighted by atomic mass is 16.3. The number of hydrogen-bond acceptors (Lipinski definition) is 2. The lowest BCUT2D eigenvalue weighted by Crippen LogP contribution is -2.05. The molecular formula is C36H70O2. The first-order valence-corrected chi connectivity index (χ1v) is 17.4. The molecular weight excluding hydrogens is 464 g/mol. The van der Waals surface area contributed by atoms with Crippen LogP contribution in [-0.2, 0) is 0 Å². The monoisotopic (exact) mass is 535 g/mol. The van der Waals surface area contributed by atoms with Gasteiger partial charge in [0.05, 0.1) is 12.2 Å². The molecule has 0 amide bonds. The number of aliphatic hydroxyl groups excluding tert-OH is 2. The van der Waals surface area contributed by atoms with Crippen molar-refractivity contribution in [2.24, 2.45) is 0 Å². The van der Waals surface area contributed by atoms with Crippen molar-refractivity contribution in [3.8, 4) is 0 Å². The SMILES string of the molecule is CCCCCCC(O)CCCCCCCCCC/C=C/CCCCCCCC=CC[C@H](O)CCCCCC. The second-order valence-electron chi connectivity index (χ2n) is 11.9. The minimum Gasteiger partial charge on any atom is -0.393 e. The average molecular weight is 535 g/mol. The van der Waals surface area contributed by atoms with Gasteiger partial charge >= 0.3 is 0 Å². The summed E-state index contributed by atoms with van der Waals surface area (Å²) in [4.78, 5) is 0. The first-order valence-electron chi connectivity index (χ1n) is 17.4. The van der Waals surface area contributed by atoms with Crippen molar-refractivity contribution in [1.29, 1.82) is 0 Å². The van der Waals surface area contributed by atoms with E-state index in [-0.39, 0.29) is 12.2 Å². The predicted molar refractivity (Wildman–Crippen MR) is 171 cm³/mol. The van der Waals surface area contributed by atoms with E-state index < -0.39 is 0 Å². The van der Waals surface area contributed by atoms with Gasteiger partial charge in [0.2, 0.25) is 0 Å². The molecule has 0 aromatic rings. The van der Waals surface area contributed by atoms with Crippen molar-refractivity contribution in [3.05, 3.63) is 24.3 Å². The molecule has 0 saturated heterocycles. The number of allylic oxidation sites excluding steroid dienone is 3. The highest BCUT2D eigenvalue weighted by Gasteiger charge is 2.03. The fourth-order valence-electron chi connectivity index (χ4n) is 5.24. The zero-order valence-electron chi connectivity index (χ0n) is 26.2. The number of aliphatic hydroxyl groups is 2. The Balaban J connectivity index is 3.25. The third kappa shape index (κ3) is 31.6. The van der Waals surface area contributed by atoms with Crippen LogP contribution in [0.5, 0.6) is 0 Å². The second kappa shape index (κ2) is 32.6. The lowest BCUT2D eigenvalue weighted by Gasteiger charge is -2.10. The summed E-state index contributed by atoms with van der Waals surface area (Å²) in [5.41, 5.74) is 0. The summed E-state index contributed by atoms with van der Waals surface area (Å²) in [6, 6.07) is 0. The summed E-state index contributed by atoms with van der Waals surface area (Å²) in [5.74, 6) is 0. The van der Waals surface area contributed by atoms with Gasteiger partial charge in [-0.25, -0.2) is 0 Å². The van der Waals surface area contributed by atoms with Gasteiger partial charge in [-0.2, -0.15) is 0 Å². The summed E-state index contributed by atoms with van der Waals surface area (Å²) < 4.78 is 0. The van der Waals surface area contributed by atoms with E-state index >= 15 is 0 Å². The molecule has 38 heavy (non-hydrogen) atoms. The van der Waals surface area contributed by atoms with Crippen LogP contribution in [0.25, 0.3) is 0 Å². The van der Waals surface area contributed by atoms with E-state index in [9.17, 15) is 10.2 Å². The summed E-state index contributed by atoms with van der Waals surface area (Å²) in [6.45, 7) is 4.47. The summed E-state index contributed by atoms with van der Waals surface area (Å²) in [5, 5.41) is 20.0. The van der Waals surface area contributed by atoms with Crippen molar-refractivity contribution in [2.75, 3.05) is 0 Å². The van der Waals surface area contributed by atoms with E-state index in [1.807, 2.05) is 0 Å². The molecule has 0 fully saturated rings. The van der Waals surface area contributed by atoms with E-state index in [1.54, 1.807) is 0 Å². The molecule has 0 aliphatic carbocycles. The minimum atomic E-state index is -0.132. The van der Waals surface area contributed by atoms with Crippen LogP contribution >= 0.6 is 0 Å². The van der Waals surface area contributed by atoms with Crippen LogP contribution < -0.4 is 0 Å². The molecule has 0 bridgehead atoms. The molecule has 2 nitrogen and oxygen atoms in total.